The predicted octanol–water partition coefficient (Wildman–Crippen LogP) is 3.10. The molecule has 1 aromatic carbocycles. The third kappa shape index (κ3) is 3.39. The van der Waals surface area contributed by atoms with Crippen LogP contribution in [-0.4, -0.2) is 11.6 Å². The molecule has 0 aromatic heterocycles. The van der Waals surface area contributed by atoms with Gasteiger partial charge in [-0.1, -0.05) is 0 Å². The van der Waals surface area contributed by atoms with Gasteiger partial charge in [0.1, 0.15) is 11.6 Å². The second kappa shape index (κ2) is 4.06. The molecule has 2 nitrogen and oxygen atoms in total. The molecule has 0 spiro atoms. The Bertz CT molecular complexity index is 389. The average Bonchev–Trinajstić information content (AvgIpc) is 1.99. The summed E-state index contributed by atoms with van der Waals surface area (Å²) in [6.07, 6.45) is -4.90. The minimum absolute atomic E-state index is 0.434. The molecule has 0 radical (unpaired) electrons. The molecule has 1 aromatic rings. The number of carbonyl (C=O) groups is 1. The van der Waals surface area contributed by atoms with E-state index in [1.807, 2.05) is 0 Å². The largest absolute Gasteiger partial charge is 0.573 e. The van der Waals surface area contributed by atoms with Crippen molar-refractivity contribution in [3.8, 4) is 5.75 Å². The topological polar surface area (TPSA) is 26.3 Å². The minimum atomic E-state index is -4.90. The highest BCUT2D eigenvalue weighted by molar-refractivity contribution is 6.67. The zero-order chi connectivity index (χ0) is 11.6. The number of rotatable bonds is 2. The van der Waals surface area contributed by atoms with Gasteiger partial charge in [0, 0.05) is 6.07 Å². The quantitative estimate of drug-likeness (QED) is 0.588. The Morgan fingerprint density at radius 3 is 2.33 bits per heavy atom. The lowest BCUT2D eigenvalue weighted by Gasteiger charge is -2.08. The zero-order valence-electron chi connectivity index (χ0n) is 6.94. The fraction of sp³-hybridized carbons (Fsp3) is 0.125. The molecule has 0 bridgehead atoms. The summed E-state index contributed by atoms with van der Waals surface area (Å²) in [7, 11) is 0. The van der Waals surface area contributed by atoms with Crippen molar-refractivity contribution < 1.29 is 27.1 Å². The summed E-state index contributed by atoms with van der Waals surface area (Å²) in [6.45, 7) is 0. The first-order chi connectivity index (χ1) is 6.79. The molecule has 0 aliphatic carbocycles. The standard InChI is InChI=1S/C8H3ClF4O2/c9-7(14)5-2-1-4(3-6(5)10)15-8(11,12)13/h1-3H. The predicted molar refractivity (Wildman–Crippen MR) is 43.3 cm³/mol. The molecule has 82 valence electrons. The minimum Gasteiger partial charge on any atom is -0.406 e. The first-order valence-corrected chi connectivity index (χ1v) is 3.92. The van der Waals surface area contributed by atoms with E-state index in [1.165, 1.54) is 0 Å². The molecule has 0 fully saturated rings. The number of ether oxygens (including phenoxy) is 1. The van der Waals surface area contributed by atoms with Crippen molar-refractivity contribution in [2.45, 2.75) is 6.36 Å². The van der Waals surface area contributed by atoms with Gasteiger partial charge in [-0.15, -0.1) is 13.2 Å². The van der Waals surface area contributed by atoms with Gasteiger partial charge >= 0.3 is 6.36 Å². The van der Waals surface area contributed by atoms with Crippen molar-refractivity contribution in [3.05, 3.63) is 29.6 Å². The smallest absolute Gasteiger partial charge is 0.406 e. The Kier molecular flexibility index (Phi) is 3.18. The maximum Gasteiger partial charge on any atom is 0.573 e. The van der Waals surface area contributed by atoms with E-state index in [0.717, 1.165) is 12.1 Å². The van der Waals surface area contributed by atoms with Crippen LogP contribution in [0.5, 0.6) is 5.75 Å². The fourth-order valence-electron chi connectivity index (χ4n) is 0.852. The van der Waals surface area contributed by atoms with Crippen LogP contribution in [-0.2, 0) is 0 Å². The van der Waals surface area contributed by atoms with Gasteiger partial charge in [0.2, 0.25) is 0 Å². The van der Waals surface area contributed by atoms with E-state index < -0.39 is 28.7 Å². The summed E-state index contributed by atoms with van der Waals surface area (Å²) in [6, 6.07) is 2.04. The van der Waals surface area contributed by atoms with Crippen LogP contribution in [0.15, 0.2) is 18.2 Å². The third-order valence-electron chi connectivity index (χ3n) is 1.39. The second-order valence-electron chi connectivity index (χ2n) is 2.46. The maximum absolute atomic E-state index is 12.9. The summed E-state index contributed by atoms with van der Waals surface area (Å²) in [5, 5.41) is -1.09. The monoisotopic (exact) mass is 242 g/mol. The van der Waals surface area contributed by atoms with Gasteiger partial charge in [0.25, 0.3) is 5.24 Å². The lowest BCUT2D eigenvalue weighted by Crippen LogP contribution is -2.17. The van der Waals surface area contributed by atoms with Crippen molar-refractivity contribution in [2.75, 3.05) is 0 Å². The van der Waals surface area contributed by atoms with Crippen LogP contribution < -0.4 is 4.74 Å². The van der Waals surface area contributed by atoms with E-state index in [-0.39, 0.29) is 0 Å². The van der Waals surface area contributed by atoms with Gasteiger partial charge in [-0.25, -0.2) is 4.39 Å². The summed E-state index contributed by atoms with van der Waals surface area (Å²) in [4.78, 5) is 10.5. The number of hydrogen-bond donors (Lipinski definition) is 0. The van der Waals surface area contributed by atoms with Gasteiger partial charge in [0.15, 0.2) is 0 Å². The summed E-state index contributed by atoms with van der Waals surface area (Å²) >= 11 is 4.95. The van der Waals surface area contributed by atoms with Crippen molar-refractivity contribution in [2.24, 2.45) is 0 Å². The Hall–Kier alpha value is -1.30. The number of carbonyl (C=O) groups excluding carboxylic acids is 1. The number of halogens is 5. The van der Waals surface area contributed by atoms with Gasteiger partial charge in [0.05, 0.1) is 5.56 Å². The average molecular weight is 243 g/mol. The molecule has 0 saturated carbocycles. The van der Waals surface area contributed by atoms with Crippen LogP contribution >= 0.6 is 11.6 Å². The Balaban J connectivity index is 2.97. The molecule has 0 atom stereocenters. The Morgan fingerprint density at radius 2 is 1.93 bits per heavy atom. The van der Waals surface area contributed by atoms with Crippen molar-refractivity contribution in [3.63, 3.8) is 0 Å². The molecule has 0 unspecified atom stereocenters. The highest BCUT2D eigenvalue weighted by Crippen LogP contribution is 2.24. The molecular weight excluding hydrogens is 240 g/mol. The molecular formula is C8H3ClF4O2. The summed E-state index contributed by atoms with van der Waals surface area (Å²) in [5.41, 5.74) is -0.508. The lowest BCUT2D eigenvalue weighted by atomic mass is 10.2. The summed E-state index contributed by atoms with van der Waals surface area (Å²) in [5.74, 6) is -1.92. The molecule has 0 saturated heterocycles. The highest BCUT2D eigenvalue weighted by Gasteiger charge is 2.31. The van der Waals surface area contributed by atoms with Crippen molar-refractivity contribution in [1.82, 2.24) is 0 Å². The Labute approximate surface area is 86.4 Å². The van der Waals surface area contributed by atoms with E-state index in [4.69, 9.17) is 11.6 Å². The van der Waals surface area contributed by atoms with Gasteiger partial charge < -0.3 is 4.74 Å². The lowest BCUT2D eigenvalue weighted by molar-refractivity contribution is -0.274. The zero-order valence-corrected chi connectivity index (χ0v) is 7.69. The van der Waals surface area contributed by atoms with Crippen molar-refractivity contribution in [1.29, 1.82) is 0 Å². The van der Waals surface area contributed by atoms with E-state index in [1.54, 1.807) is 0 Å². The van der Waals surface area contributed by atoms with Crippen LogP contribution in [0.3, 0.4) is 0 Å². The molecule has 1 rings (SSSR count). The van der Waals surface area contributed by atoms with Crippen molar-refractivity contribution >= 4 is 16.8 Å². The highest BCUT2D eigenvalue weighted by atomic mass is 35.5. The number of benzene rings is 1. The normalized spacial score (nSPS) is 11.3. The molecule has 0 heterocycles. The molecule has 0 aliphatic rings. The van der Waals surface area contributed by atoms with E-state index in [9.17, 15) is 22.4 Å². The second-order valence-corrected chi connectivity index (χ2v) is 2.81. The van der Waals surface area contributed by atoms with E-state index in [0.29, 0.717) is 6.07 Å². The van der Waals surface area contributed by atoms with Gasteiger partial charge in [-0.05, 0) is 23.7 Å². The van der Waals surface area contributed by atoms with E-state index in [2.05, 4.69) is 4.74 Å². The first-order valence-electron chi connectivity index (χ1n) is 3.55. The van der Waals surface area contributed by atoms with Crippen LogP contribution in [0.1, 0.15) is 10.4 Å². The molecule has 0 aliphatic heterocycles. The van der Waals surface area contributed by atoms with Crippen LogP contribution in [0, 0.1) is 5.82 Å². The third-order valence-corrected chi connectivity index (χ3v) is 1.59. The number of alkyl halides is 3. The first kappa shape index (κ1) is 11.8. The molecule has 7 heteroatoms. The van der Waals surface area contributed by atoms with Gasteiger partial charge in [-0.2, -0.15) is 0 Å². The van der Waals surface area contributed by atoms with Crippen LogP contribution in [0.2, 0.25) is 0 Å². The molecule has 15 heavy (non-hydrogen) atoms. The molecule has 0 N–H and O–H groups in total. The molecule has 0 amide bonds. The Morgan fingerprint density at radius 1 is 1.33 bits per heavy atom. The summed E-state index contributed by atoms with van der Waals surface area (Å²) < 4.78 is 51.4. The van der Waals surface area contributed by atoms with Gasteiger partial charge in [-0.3, -0.25) is 4.79 Å². The SMILES string of the molecule is O=C(Cl)c1ccc(OC(F)(F)F)cc1F. The van der Waals surface area contributed by atoms with Crippen LogP contribution in [0.25, 0.3) is 0 Å². The number of hydrogen-bond acceptors (Lipinski definition) is 2. The van der Waals surface area contributed by atoms with Crippen LogP contribution in [0.4, 0.5) is 17.6 Å². The fourth-order valence-corrected chi connectivity index (χ4v) is 1.01. The maximum atomic E-state index is 12.9. The van der Waals surface area contributed by atoms with E-state index >= 15 is 0 Å².